The van der Waals surface area contributed by atoms with Crippen LogP contribution in [-0.4, -0.2) is 35.1 Å². The molecule has 1 saturated carbocycles. The zero-order valence-corrected chi connectivity index (χ0v) is 10.2. The molecule has 0 aromatic heterocycles. The number of hydrogen-bond donors (Lipinski definition) is 3. The summed E-state index contributed by atoms with van der Waals surface area (Å²) >= 11 is 0. The molecule has 2 fully saturated rings. The van der Waals surface area contributed by atoms with Gasteiger partial charge in [0.15, 0.2) is 0 Å². The Hall–Kier alpha value is -1.10. The van der Waals surface area contributed by atoms with E-state index in [0.29, 0.717) is 0 Å². The summed E-state index contributed by atoms with van der Waals surface area (Å²) in [5.74, 6) is -1.00. The molecule has 2 aliphatic rings. The Morgan fingerprint density at radius 1 is 1.29 bits per heavy atom. The molecule has 0 spiro atoms. The van der Waals surface area contributed by atoms with E-state index in [2.05, 4.69) is 10.6 Å². The van der Waals surface area contributed by atoms with Crippen molar-refractivity contribution >= 4 is 11.9 Å². The quantitative estimate of drug-likeness (QED) is 0.668. The number of piperidine rings is 1. The summed E-state index contributed by atoms with van der Waals surface area (Å²) < 4.78 is 0. The fourth-order valence-electron chi connectivity index (χ4n) is 2.41. The molecule has 2 atom stereocenters. The lowest BCUT2D eigenvalue weighted by Crippen LogP contribution is -2.59. The second kappa shape index (κ2) is 4.64. The Morgan fingerprint density at radius 2 is 2.00 bits per heavy atom. The lowest BCUT2D eigenvalue weighted by Gasteiger charge is -2.30. The van der Waals surface area contributed by atoms with Crippen molar-refractivity contribution < 1.29 is 14.7 Å². The lowest BCUT2D eigenvalue weighted by molar-refractivity contribution is -0.148. The van der Waals surface area contributed by atoms with Crippen LogP contribution in [0.5, 0.6) is 0 Å². The number of amides is 1. The van der Waals surface area contributed by atoms with Gasteiger partial charge in [0.1, 0.15) is 5.54 Å². The van der Waals surface area contributed by atoms with Crippen molar-refractivity contribution in [3.63, 3.8) is 0 Å². The van der Waals surface area contributed by atoms with E-state index in [1.165, 1.54) is 0 Å². The maximum Gasteiger partial charge on any atom is 0.329 e. The van der Waals surface area contributed by atoms with E-state index in [1.807, 2.05) is 0 Å². The van der Waals surface area contributed by atoms with Crippen LogP contribution in [0.1, 0.15) is 39.0 Å². The van der Waals surface area contributed by atoms with Gasteiger partial charge in [-0.05, 0) is 45.1 Å². The number of carbonyl (C=O) groups is 2. The minimum absolute atomic E-state index is 0.0903. The van der Waals surface area contributed by atoms with Crippen molar-refractivity contribution in [3.8, 4) is 0 Å². The van der Waals surface area contributed by atoms with Crippen LogP contribution < -0.4 is 10.6 Å². The molecule has 0 aromatic carbocycles. The van der Waals surface area contributed by atoms with Crippen molar-refractivity contribution in [3.05, 3.63) is 0 Å². The summed E-state index contributed by atoms with van der Waals surface area (Å²) in [5, 5.41) is 15.1. The molecule has 1 saturated heterocycles. The van der Waals surface area contributed by atoms with Crippen molar-refractivity contribution in [1.29, 1.82) is 0 Å². The average Bonchev–Trinajstić information content (AvgIpc) is 3.13. The zero-order valence-electron chi connectivity index (χ0n) is 10.2. The van der Waals surface area contributed by atoms with Crippen LogP contribution in [0.4, 0.5) is 0 Å². The molecule has 2 unspecified atom stereocenters. The highest BCUT2D eigenvalue weighted by Crippen LogP contribution is 2.39. The van der Waals surface area contributed by atoms with E-state index in [4.69, 9.17) is 0 Å². The van der Waals surface area contributed by atoms with Crippen molar-refractivity contribution in [2.75, 3.05) is 6.54 Å². The fourth-order valence-corrected chi connectivity index (χ4v) is 2.41. The van der Waals surface area contributed by atoms with E-state index >= 15 is 0 Å². The van der Waals surface area contributed by atoms with Crippen LogP contribution in [0, 0.1) is 5.92 Å². The lowest BCUT2D eigenvalue weighted by atomic mass is 9.94. The first-order chi connectivity index (χ1) is 8.04. The van der Waals surface area contributed by atoms with E-state index in [1.54, 1.807) is 6.92 Å². The largest absolute Gasteiger partial charge is 0.480 e. The number of carbonyl (C=O) groups excluding carboxylic acids is 1. The summed E-state index contributed by atoms with van der Waals surface area (Å²) in [6, 6.07) is -0.221. The molecule has 1 amide bonds. The molecule has 17 heavy (non-hydrogen) atoms. The minimum Gasteiger partial charge on any atom is -0.480 e. The molecule has 1 aliphatic heterocycles. The highest BCUT2D eigenvalue weighted by atomic mass is 16.4. The van der Waals surface area contributed by atoms with Crippen molar-refractivity contribution in [2.24, 2.45) is 5.92 Å². The Kier molecular flexibility index (Phi) is 3.38. The summed E-state index contributed by atoms with van der Waals surface area (Å²) in [6.45, 7) is 2.46. The fraction of sp³-hybridized carbons (Fsp3) is 0.833. The molecule has 96 valence electrons. The van der Waals surface area contributed by atoms with E-state index in [-0.39, 0.29) is 17.9 Å². The monoisotopic (exact) mass is 240 g/mol. The van der Waals surface area contributed by atoms with E-state index in [9.17, 15) is 14.7 Å². The molecule has 5 nitrogen and oxygen atoms in total. The van der Waals surface area contributed by atoms with Gasteiger partial charge < -0.3 is 15.7 Å². The van der Waals surface area contributed by atoms with Gasteiger partial charge in [-0.25, -0.2) is 4.79 Å². The summed E-state index contributed by atoms with van der Waals surface area (Å²) in [5.41, 5.74) is -1.09. The van der Waals surface area contributed by atoms with Gasteiger partial charge >= 0.3 is 5.97 Å². The third kappa shape index (κ3) is 2.60. The Balaban J connectivity index is 1.97. The second-order valence-electron chi connectivity index (χ2n) is 5.27. The maximum atomic E-state index is 12.0. The van der Waals surface area contributed by atoms with Crippen LogP contribution in [0.25, 0.3) is 0 Å². The molecule has 1 aliphatic carbocycles. The first-order valence-electron chi connectivity index (χ1n) is 6.33. The standard InChI is InChI=1S/C12H20N2O3/c1-12(11(16)17,8-5-6-8)14-10(15)9-4-2-3-7-13-9/h8-9,13H,2-7H2,1H3,(H,14,15)(H,16,17). The number of hydrogen-bond acceptors (Lipinski definition) is 3. The number of aliphatic carboxylic acids is 1. The number of carboxylic acid groups (broad SMARTS) is 1. The third-order valence-electron chi connectivity index (χ3n) is 3.85. The third-order valence-corrected chi connectivity index (χ3v) is 3.85. The molecule has 3 N–H and O–H groups in total. The summed E-state index contributed by atoms with van der Waals surface area (Å²) in [4.78, 5) is 23.3. The van der Waals surface area contributed by atoms with Crippen molar-refractivity contribution in [1.82, 2.24) is 10.6 Å². The van der Waals surface area contributed by atoms with Gasteiger partial charge in [-0.3, -0.25) is 4.79 Å². The van der Waals surface area contributed by atoms with Crippen LogP contribution in [-0.2, 0) is 9.59 Å². The van der Waals surface area contributed by atoms with Gasteiger partial charge in [0.2, 0.25) is 5.91 Å². The second-order valence-corrected chi connectivity index (χ2v) is 5.27. The van der Waals surface area contributed by atoms with Gasteiger partial charge in [0, 0.05) is 0 Å². The smallest absolute Gasteiger partial charge is 0.329 e. The maximum absolute atomic E-state index is 12.0. The van der Waals surface area contributed by atoms with Gasteiger partial charge in [0.05, 0.1) is 6.04 Å². The molecule has 0 bridgehead atoms. The first kappa shape index (κ1) is 12.4. The zero-order chi connectivity index (χ0) is 12.5. The summed E-state index contributed by atoms with van der Waals surface area (Å²) in [6.07, 6.45) is 4.69. The molecule has 1 heterocycles. The van der Waals surface area contributed by atoms with Gasteiger partial charge in [-0.2, -0.15) is 0 Å². The molecular formula is C12H20N2O3. The van der Waals surface area contributed by atoms with Crippen LogP contribution in [0.15, 0.2) is 0 Å². The van der Waals surface area contributed by atoms with Crippen molar-refractivity contribution in [2.45, 2.75) is 50.6 Å². The molecule has 2 rings (SSSR count). The molecular weight excluding hydrogens is 220 g/mol. The van der Waals surface area contributed by atoms with Gasteiger partial charge in [-0.1, -0.05) is 6.42 Å². The molecule has 0 aromatic rings. The predicted molar refractivity (Wildman–Crippen MR) is 62.5 cm³/mol. The van der Waals surface area contributed by atoms with E-state index in [0.717, 1.165) is 38.6 Å². The van der Waals surface area contributed by atoms with Crippen LogP contribution >= 0.6 is 0 Å². The molecule has 5 heteroatoms. The number of rotatable bonds is 4. The van der Waals surface area contributed by atoms with Gasteiger partial charge in [-0.15, -0.1) is 0 Å². The Labute approximate surface area is 101 Å². The summed E-state index contributed by atoms with van der Waals surface area (Å²) in [7, 11) is 0. The number of nitrogens with one attached hydrogen (secondary N) is 2. The molecule has 0 radical (unpaired) electrons. The van der Waals surface area contributed by atoms with Gasteiger partial charge in [0.25, 0.3) is 0 Å². The predicted octanol–water partition coefficient (Wildman–Crippen LogP) is 0.498. The topological polar surface area (TPSA) is 78.4 Å². The first-order valence-corrected chi connectivity index (χ1v) is 6.33. The SMILES string of the molecule is CC(NC(=O)C1CCCCN1)(C(=O)O)C1CC1. The highest BCUT2D eigenvalue weighted by molar-refractivity contribution is 5.89. The van der Waals surface area contributed by atoms with E-state index < -0.39 is 11.5 Å². The minimum atomic E-state index is -1.09. The number of carboxylic acids is 1. The highest BCUT2D eigenvalue weighted by Gasteiger charge is 2.49. The van der Waals surface area contributed by atoms with Crippen LogP contribution in [0.3, 0.4) is 0 Å². The average molecular weight is 240 g/mol. The Bertz CT molecular complexity index is 322. The van der Waals surface area contributed by atoms with Crippen LogP contribution in [0.2, 0.25) is 0 Å². The Morgan fingerprint density at radius 3 is 2.47 bits per heavy atom. The normalized spacial score (nSPS) is 28.2.